The number of carbonyl (C=O) groups is 1. The Morgan fingerprint density at radius 2 is 1.94 bits per heavy atom. The Balaban J connectivity index is 2.17. The van der Waals surface area contributed by atoms with Gasteiger partial charge in [-0.1, -0.05) is 18.2 Å². The van der Waals surface area contributed by atoms with E-state index < -0.39 is 0 Å². The number of para-hydroxylation sites is 1. The molecule has 2 aromatic rings. The number of methoxy groups -OCH3 is 1. The van der Waals surface area contributed by atoms with Crippen LogP contribution in [0.5, 0.6) is 11.5 Å². The van der Waals surface area contributed by atoms with E-state index in [4.69, 9.17) is 9.47 Å². The average Bonchev–Trinajstić information content (AvgIpc) is 2.57. The average molecular weight is 240 g/mol. The van der Waals surface area contributed by atoms with Gasteiger partial charge in [0, 0.05) is 11.1 Å². The molecule has 0 unspecified atom stereocenters. The molecular formula is C15H12O3. The third-order valence-electron chi connectivity index (χ3n) is 3.08. The second kappa shape index (κ2) is 4.18. The highest BCUT2D eigenvalue weighted by molar-refractivity contribution is 6.12. The van der Waals surface area contributed by atoms with Crippen molar-refractivity contribution in [2.24, 2.45) is 0 Å². The van der Waals surface area contributed by atoms with Crippen molar-refractivity contribution in [3.8, 4) is 11.5 Å². The zero-order chi connectivity index (χ0) is 12.5. The molecule has 0 atom stereocenters. The number of benzene rings is 2. The summed E-state index contributed by atoms with van der Waals surface area (Å²) < 4.78 is 10.8. The molecule has 0 amide bonds. The number of hydrogen-bond donors (Lipinski definition) is 0. The lowest BCUT2D eigenvalue weighted by Crippen LogP contribution is -2.03. The van der Waals surface area contributed by atoms with E-state index in [1.807, 2.05) is 30.3 Å². The molecule has 1 heterocycles. The normalized spacial score (nSPS) is 13.1. The molecule has 0 N–H and O–H groups in total. The predicted molar refractivity (Wildman–Crippen MR) is 67.2 cm³/mol. The van der Waals surface area contributed by atoms with E-state index >= 15 is 0 Å². The molecular weight excluding hydrogens is 228 g/mol. The van der Waals surface area contributed by atoms with E-state index in [2.05, 4.69) is 0 Å². The third-order valence-corrected chi connectivity index (χ3v) is 3.08. The zero-order valence-corrected chi connectivity index (χ0v) is 9.97. The molecule has 1 aliphatic rings. The SMILES string of the molecule is COc1ccc2c(c1)C(=O)c1ccccc1OC2. The molecule has 3 rings (SSSR count). The molecule has 0 fully saturated rings. The fourth-order valence-corrected chi connectivity index (χ4v) is 2.10. The number of hydrogen-bond acceptors (Lipinski definition) is 3. The largest absolute Gasteiger partial charge is 0.497 e. The first-order chi connectivity index (χ1) is 8.79. The summed E-state index contributed by atoms with van der Waals surface area (Å²) in [5, 5.41) is 0. The van der Waals surface area contributed by atoms with Gasteiger partial charge in [-0.3, -0.25) is 4.79 Å². The number of fused-ring (bicyclic) bond motifs is 2. The van der Waals surface area contributed by atoms with E-state index in [9.17, 15) is 4.79 Å². The highest BCUT2D eigenvalue weighted by Gasteiger charge is 2.22. The highest BCUT2D eigenvalue weighted by Crippen LogP contribution is 2.29. The first-order valence-corrected chi connectivity index (χ1v) is 5.73. The molecule has 3 heteroatoms. The van der Waals surface area contributed by atoms with Gasteiger partial charge in [-0.2, -0.15) is 0 Å². The van der Waals surface area contributed by atoms with Gasteiger partial charge < -0.3 is 9.47 Å². The number of ketones is 1. The van der Waals surface area contributed by atoms with Crippen molar-refractivity contribution in [3.05, 3.63) is 59.2 Å². The van der Waals surface area contributed by atoms with Crippen molar-refractivity contribution in [1.82, 2.24) is 0 Å². The van der Waals surface area contributed by atoms with Crippen molar-refractivity contribution in [3.63, 3.8) is 0 Å². The monoisotopic (exact) mass is 240 g/mol. The molecule has 0 bridgehead atoms. The van der Waals surface area contributed by atoms with E-state index in [1.54, 1.807) is 19.2 Å². The van der Waals surface area contributed by atoms with Crippen molar-refractivity contribution >= 4 is 5.78 Å². The maximum atomic E-state index is 12.5. The molecule has 0 spiro atoms. The minimum atomic E-state index is -0.0167. The number of carbonyl (C=O) groups excluding carboxylic acids is 1. The van der Waals surface area contributed by atoms with Crippen molar-refractivity contribution < 1.29 is 14.3 Å². The van der Waals surface area contributed by atoms with E-state index in [1.165, 1.54) is 0 Å². The quantitative estimate of drug-likeness (QED) is 0.768. The van der Waals surface area contributed by atoms with Gasteiger partial charge in [-0.05, 0) is 24.3 Å². The van der Waals surface area contributed by atoms with Gasteiger partial charge in [0.15, 0.2) is 5.78 Å². The molecule has 0 aromatic heterocycles. The summed E-state index contributed by atoms with van der Waals surface area (Å²) in [7, 11) is 1.59. The smallest absolute Gasteiger partial charge is 0.197 e. The predicted octanol–water partition coefficient (Wildman–Crippen LogP) is 2.82. The summed E-state index contributed by atoms with van der Waals surface area (Å²) in [6.07, 6.45) is 0. The maximum absolute atomic E-state index is 12.5. The third kappa shape index (κ3) is 1.64. The van der Waals surface area contributed by atoms with Gasteiger partial charge >= 0.3 is 0 Å². The van der Waals surface area contributed by atoms with Gasteiger partial charge in [0.1, 0.15) is 18.1 Å². The van der Waals surface area contributed by atoms with Gasteiger partial charge in [-0.25, -0.2) is 0 Å². The van der Waals surface area contributed by atoms with Crippen LogP contribution in [0.15, 0.2) is 42.5 Å². The van der Waals surface area contributed by atoms with Crippen LogP contribution in [-0.4, -0.2) is 12.9 Å². The van der Waals surface area contributed by atoms with Crippen LogP contribution in [-0.2, 0) is 6.61 Å². The van der Waals surface area contributed by atoms with Crippen LogP contribution >= 0.6 is 0 Å². The van der Waals surface area contributed by atoms with E-state index in [-0.39, 0.29) is 5.78 Å². The summed E-state index contributed by atoms with van der Waals surface area (Å²) in [5.74, 6) is 1.30. The standard InChI is InChI=1S/C15H12O3/c1-17-11-7-6-10-9-18-14-5-3-2-4-12(14)15(16)13(10)8-11/h2-8H,9H2,1H3. The van der Waals surface area contributed by atoms with Gasteiger partial charge in [0.2, 0.25) is 0 Å². The van der Waals surface area contributed by atoms with Crippen LogP contribution in [0.2, 0.25) is 0 Å². The van der Waals surface area contributed by atoms with Crippen molar-refractivity contribution in [2.45, 2.75) is 6.61 Å². The highest BCUT2D eigenvalue weighted by atomic mass is 16.5. The van der Waals surface area contributed by atoms with Gasteiger partial charge in [-0.15, -0.1) is 0 Å². The molecule has 2 aromatic carbocycles. The number of ether oxygens (including phenoxy) is 2. The summed E-state index contributed by atoms with van der Waals surface area (Å²) in [6, 6.07) is 12.8. The molecule has 3 nitrogen and oxygen atoms in total. The Labute approximate surface area is 105 Å². The van der Waals surface area contributed by atoms with Gasteiger partial charge in [0.25, 0.3) is 0 Å². The molecule has 0 radical (unpaired) electrons. The summed E-state index contributed by atoms with van der Waals surface area (Å²) in [5.41, 5.74) is 2.14. The van der Waals surface area contributed by atoms with Crippen LogP contribution in [0.1, 0.15) is 21.5 Å². The van der Waals surface area contributed by atoms with Crippen molar-refractivity contribution in [1.29, 1.82) is 0 Å². The molecule has 1 aliphatic heterocycles. The fraction of sp³-hybridized carbons (Fsp3) is 0.133. The molecule has 90 valence electrons. The summed E-state index contributed by atoms with van der Waals surface area (Å²) >= 11 is 0. The Bertz CT molecular complexity index is 617. The van der Waals surface area contributed by atoms with E-state index in [0.717, 1.165) is 5.56 Å². The Hall–Kier alpha value is -2.29. The fourth-order valence-electron chi connectivity index (χ4n) is 2.10. The maximum Gasteiger partial charge on any atom is 0.197 e. The first-order valence-electron chi connectivity index (χ1n) is 5.73. The van der Waals surface area contributed by atoms with Crippen LogP contribution in [0, 0.1) is 0 Å². The minimum Gasteiger partial charge on any atom is -0.497 e. The second-order valence-electron chi connectivity index (χ2n) is 4.14. The zero-order valence-electron chi connectivity index (χ0n) is 9.97. The van der Waals surface area contributed by atoms with Crippen LogP contribution in [0.4, 0.5) is 0 Å². The lowest BCUT2D eigenvalue weighted by molar-refractivity contribution is 0.103. The lowest BCUT2D eigenvalue weighted by Gasteiger charge is -2.06. The van der Waals surface area contributed by atoms with Crippen LogP contribution in [0.3, 0.4) is 0 Å². The molecule has 0 saturated carbocycles. The second-order valence-corrected chi connectivity index (χ2v) is 4.14. The van der Waals surface area contributed by atoms with E-state index in [0.29, 0.717) is 29.2 Å². The minimum absolute atomic E-state index is 0.0167. The molecule has 18 heavy (non-hydrogen) atoms. The van der Waals surface area contributed by atoms with Crippen LogP contribution in [0.25, 0.3) is 0 Å². The van der Waals surface area contributed by atoms with Crippen LogP contribution < -0.4 is 9.47 Å². The summed E-state index contributed by atoms with van der Waals surface area (Å²) in [6.45, 7) is 0.405. The van der Waals surface area contributed by atoms with Gasteiger partial charge in [0.05, 0.1) is 12.7 Å². The molecule has 0 aliphatic carbocycles. The Morgan fingerprint density at radius 1 is 1.11 bits per heavy atom. The lowest BCUT2D eigenvalue weighted by atomic mass is 9.99. The Morgan fingerprint density at radius 3 is 2.78 bits per heavy atom. The Kier molecular flexibility index (Phi) is 2.52. The number of rotatable bonds is 1. The van der Waals surface area contributed by atoms with Crippen molar-refractivity contribution in [2.75, 3.05) is 7.11 Å². The molecule has 0 saturated heterocycles. The first kappa shape index (κ1) is 10.8. The summed E-state index contributed by atoms with van der Waals surface area (Å²) in [4.78, 5) is 12.5. The topological polar surface area (TPSA) is 35.5 Å².